The van der Waals surface area contributed by atoms with Crippen LogP contribution in [0.1, 0.15) is 39.5 Å². The van der Waals surface area contributed by atoms with Crippen LogP contribution in [0.3, 0.4) is 0 Å². The minimum atomic E-state index is -0.655. The highest BCUT2D eigenvalue weighted by atomic mass is 16.7. The maximum absolute atomic E-state index is 11.8. The van der Waals surface area contributed by atoms with E-state index in [2.05, 4.69) is 10.6 Å². The summed E-state index contributed by atoms with van der Waals surface area (Å²) in [5, 5.41) is 4.76. The SMILES string of the molecule is CCNC(=O)NC(=O)C(C)OC1CCC2(CC1)OCCO2. The fourth-order valence-corrected chi connectivity index (χ4v) is 2.72. The third-order valence-corrected chi connectivity index (χ3v) is 3.85. The lowest BCUT2D eigenvalue weighted by atomic mass is 9.91. The van der Waals surface area contributed by atoms with Crippen molar-refractivity contribution < 1.29 is 23.8 Å². The molecule has 1 heterocycles. The van der Waals surface area contributed by atoms with Crippen LogP contribution in [0.25, 0.3) is 0 Å². The summed E-state index contributed by atoms with van der Waals surface area (Å²) in [5.74, 6) is -0.846. The molecule has 2 fully saturated rings. The van der Waals surface area contributed by atoms with E-state index in [0.29, 0.717) is 19.8 Å². The molecule has 21 heavy (non-hydrogen) atoms. The van der Waals surface area contributed by atoms with Gasteiger partial charge in [0.15, 0.2) is 5.79 Å². The zero-order valence-corrected chi connectivity index (χ0v) is 12.6. The first-order valence-corrected chi connectivity index (χ1v) is 7.57. The Kier molecular flexibility index (Phi) is 5.55. The highest BCUT2D eigenvalue weighted by Crippen LogP contribution is 2.36. The van der Waals surface area contributed by atoms with Gasteiger partial charge in [-0.15, -0.1) is 0 Å². The predicted molar refractivity (Wildman–Crippen MR) is 74.7 cm³/mol. The topological polar surface area (TPSA) is 85.9 Å². The number of rotatable bonds is 4. The van der Waals surface area contributed by atoms with Crippen molar-refractivity contribution in [3.05, 3.63) is 0 Å². The molecular formula is C14H24N2O5. The second-order valence-corrected chi connectivity index (χ2v) is 5.43. The van der Waals surface area contributed by atoms with E-state index in [1.165, 1.54) is 0 Å². The molecule has 1 unspecified atom stereocenters. The number of nitrogens with one attached hydrogen (secondary N) is 2. The smallest absolute Gasteiger partial charge is 0.321 e. The fourth-order valence-electron chi connectivity index (χ4n) is 2.72. The van der Waals surface area contributed by atoms with Gasteiger partial charge in [-0.1, -0.05) is 0 Å². The van der Waals surface area contributed by atoms with Gasteiger partial charge in [0.05, 0.1) is 19.3 Å². The first-order chi connectivity index (χ1) is 10.0. The average Bonchev–Trinajstić information content (AvgIpc) is 2.90. The van der Waals surface area contributed by atoms with E-state index in [4.69, 9.17) is 14.2 Å². The number of urea groups is 1. The van der Waals surface area contributed by atoms with Crippen molar-refractivity contribution in [3.8, 4) is 0 Å². The maximum Gasteiger partial charge on any atom is 0.321 e. The van der Waals surface area contributed by atoms with E-state index in [1.54, 1.807) is 13.8 Å². The summed E-state index contributed by atoms with van der Waals surface area (Å²) in [6.07, 6.45) is 2.48. The van der Waals surface area contributed by atoms with E-state index in [1.807, 2.05) is 0 Å². The summed E-state index contributed by atoms with van der Waals surface area (Å²) < 4.78 is 17.0. The van der Waals surface area contributed by atoms with Crippen molar-refractivity contribution >= 4 is 11.9 Å². The van der Waals surface area contributed by atoms with Crippen LogP contribution in [0.2, 0.25) is 0 Å². The van der Waals surface area contributed by atoms with Gasteiger partial charge in [0, 0.05) is 19.4 Å². The molecule has 0 bridgehead atoms. The number of carbonyl (C=O) groups excluding carboxylic acids is 2. The number of hydrogen-bond donors (Lipinski definition) is 2. The Labute approximate surface area is 124 Å². The third kappa shape index (κ3) is 4.39. The molecule has 2 aliphatic rings. The first kappa shape index (κ1) is 16.2. The van der Waals surface area contributed by atoms with Crippen LogP contribution in [0, 0.1) is 0 Å². The van der Waals surface area contributed by atoms with Gasteiger partial charge in [0.2, 0.25) is 0 Å². The lowest BCUT2D eigenvalue weighted by Crippen LogP contribution is -2.46. The molecule has 2 N–H and O–H groups in total. The Balaban J connectivity index is 1.72. The van der Waals surface area contributed by atoms with Crippen LogP contribution in [-0.2, 0) is 19.0 Å². The number of imide groups is 1. The molecule has 7 heteroatoms. The third-order valence-electron chi connectivity index (χ3n) is 3.85. The highest BCUT2D eigenvalue weighted by molar-refractivity contribution is 5.96. The molecule has 120 valence electrons. The molecule has 1 saturated heterocycles. The number of ether oxygens (including phenoxy) is 3. The molecule has 0 aromatic carbocycles. The van der Waals surface area contributed by atoms with Crippen molar-refractivity contribution in [2.24, 2.45) is 0 Å². The Morgan fingerprint density at radius 3 is 2.48 bits per heavy atom. The van der Waals surface area contributed by atoms with Gasteiger partial charge in [-0.3, -0.25) is 10.1 Å². The average molecular weight is 300 g/mol. The van der Waals surface area contributed by atoms with E-state index < -0.39 is 23.8 Å². The Bertz CT molecular complexity index is 372. The maximum atomic E-state index is 11.8. The lowest BCUT2D eigenvalue weighted by Gasteiger charge is -2.35. The number of hydrogen-bond acceptors (Lipinski definition) is 5. The zero-order valence-electron chi connectivity index (χ0n) is 12.6. The van der Waals surface area contributed by atoms with Crippen LogP contribution in [0.15, 0.2) is 0 Å². The molecule has 0 aromatic rings. The molecule has 2 rings (SSSR count). The molecule has 3 amide bonds. The van der Waals surface area contributed by atoms with E-state index in [-0.39, 0.29) is 6.10 Å². The minimum Gasteiger partial charge on any atom is -0.365 e. The fraction of sp³-hybridized carbons (Fsp3) is 0.857. The van der Waals surface area contributed by atoms with Crippen molar-refractivity contribution in [1.29, 1.82) is 0 Å². The number of carbonyl (C=O) groups is 2. The van der Waals surface area contributed by atoms with Crippen molar-refractivity contribution in [3.63, 3.8) is 0 Å². The second kappa shape index (κ2) is 7.20. The van der Waals surface area contributed by atoms with Gasteiger partial charge in [-0.2, -0.15) is 0 Å². The van der Waals surface area contributed by atoms with E-state index in [0.717, 1.165) is 25.7 Å². The highest BCUT2D eigenvalue weighted by Gasteiger charge is 2.41. The van der Waals surface area contributed by atoms with Gasteiger partial charge >= 0.3 is 6.03 Å². The molecule has 0 radical (unpaired) electrons. The summed E-state index contributed by atoms with van der Waals surface area (Å²) in [6, 6.07) is -0.492. The summed E-state index contributed by atoms with van der Waals surface area (Å²) in [6.45, 7) is 5.21. The van der Waals surface area contributed by atoms with Crippen molar-refractivity contribution in [1.82, 2.24) is 10.6 Å². The van der Waals surface area contributed by atoms with Crippen LogP contribution in [-0.4, -0.2) is 49.7 Å². The van der Waals surface area contributed by atoms with Gasteiger partial charge < -0.3 is 19.5 Å². The largest absolute Gasteiger partial charge is 0.365 e. The Hall–Kier alpha value is -1.18. The Morgan fingerprint density at radius 1 is 1.29 bits per heavy atom. The molecule has 0 aromatic heterocycles. The number of amides is 3. The van der Waals surface area contributed by atoms with Crippen LogP contribution in [0.5, 0.6) is 0 Å². The first-order valence-electron chi connectivity index (χ1n) is 7.57. The molecular weight excluding hydrogens is 276 g/mol. The molecule has 1 aliphatic heterocycles. The Morgan fingerprint density at radius 2 is 1.90 bits per heavy atom. The summed E-state index contributed by atoms with van der Waals surface area (Å²) in [7, 11) is 0. The molecule has 1 spiro atoms. The molecule has 7 nitrogen and oxygen atoms in total. The van der Waals surface area contributed by atoms with Gasteiger partial charge in [-0.25, -0.2) is 4.79 Å². The van der Waals surface area contributed by atoms with E-state index in [9.17, 15) is 9.59 Å². The van der Waals surface area contributed by atoms with Crippen molar-refractivity contribution in [2.45, 2.75) is 57.5 Å². The monoisotopic (exact) mass is 300 g/mol. The van der Waals surface area contributed by atoms with Crippen LogP contribution >= 0.6 is 0 Å². The van der Waals surface area contributed by atoms with Gasteiger partial charge in [0.25, 0.3) is 5.91 Å². The van der Waals surface area contributed by atoms with E-state index >= 15 is 0 Å². The van der Waals surface area contributed by atoms with Gasteiger partial charge in [-0.05, 0) is 26.7 Å². The van der Waals surface area contributed by atoms with Crippen molar-refractivity contribution in [2.75, 3.05) is 19.8 Å². The van der Waals surface area contributed by atoms with Crippen LogP contribution < -0.4 is 10.6 Å². The quantitative estimate of drug-likeness (QED) is 0.806. The van der Waals surface area contributed by atoms with Gasteiger partial charge in [0.1, 0.15) is 6.10 Å². The lowest BCUT2D eigenvalue weighted by molar-refractivity contribution is -0.195. The molecule has 1 atom stereocenters. The summed E-state index contributed by atoms with van der Waals surface area (Å²) >= 11 is 0. The van der Waals surface area contributed by atoms with Crippen LogP contribution in [0.4, 0.5) is 4.79 Å². The molecule has 1 saturated carbocycles. The summed E-state index contributed by atoms with van der Waals surface area (Å²) in [5.41, 5.74) is 0. The standard InChI is InChI=1S/C14H24N2O5/c1-3-15-13(18)16-12(17)10(2)21-11-4-6-14(7-5-11)19-8-9-20-14/h10-11H,3-9H2,1-2H3,(H2,15,16,17,18). The molecule has 1 aliphatic carbocycles. The normalized spacial score (nSPS) is 23.0. The minimum absolute atomic E-state index is 0.00147. The predicted octanol–water partition coefficient (Wildman–Crippen LogP) is 0.923. The zero-order chi connectivity index (χ0) is 15.3. The summed E-state index contributed by atoms with van der Waals surface area (Å²) in [4.78, 5) is 23.1. The second-order valence-electron chi connectivity index (χ2n) is 5.43.